The maximum atomic E-state index is 11.2. The summed E-state index contributed by atoms with van der Waals surface area (Å²) in [4.78, 5) is 11.2. The number of aromatic nitrogens is 1. The second kappa shape index (κ2) is 2.87. The smallest absolute Gasteiger partial charge is 0.323 e. The number of nitrogens with zero attached hydrogens (tertiary/aromatic N) is 1. The molecule has 0 aliphatic heterocycles. The van der Waals surface area contributed by atoms with Crippen molar-refractivity contribution in [2.45, 2.75) is 13.8 Å². The number of hydrogen-bond donors (Lipinski definition) is 1. The lowest BCUT2D eigenvalue weighted by atomic mass is 10.2. The lowest BCUT2D eigenvalue weighted by Gasteiger charge is -2.00. The number of carbonyl (C=O) groups excluding carboxylic acids is 1. The summed E-state index contributed by atoms with van der Waals surface area (Å²) in [5.74, 6) is 0. The van der Waals surface area contributed by atoms with Gasteiger partial charge in [-0.2, -0.15) is 0 Å². The van der Waals surface area contributed by atoms with Gasteiger partial charge in [0, 0.05) is 11.1 Å². The van der Waals surface area contributed by atoms with Crippen molar-refractivity contribution in [3.05, 3.63) is 35.5 Å². The van der Waals surface area contributed by atoms with Crippen LogP contribution in [0.1, 0.15) is 11.3 Å². The van der Waals surface area contributed by atoms with Crippen LogP contribution in [0.5, 0.6) is 0 Å². The van der Waals surface area contributed by atoms with Gasteiger partial charge < -0.3 is 5.73 Å². The van der Waals surface area contributed by atoms with Gasteiger partial charge in [-0.25, -0.2) is 4.79 Å². The monoisotopic (exact) mass is 188 g/mol. The van der Waals surface area contributed by atoms with Gasteiger partial charge in [0.25, 0.3) is 0 Å². The van der Waals surface area contributed by atoms with Crippen molar-refractivity contribution in [2.24, 2.45) is 5.73 Å². The van der Waals surface area contributed by atoms with Gasteiger partial charge in [-0.05, 0) is 25.5 Å². The van der Waals surface area contributed by atoms with Gasteiger partial charge in [0.05, 0.1) is 5.52 Å². The highest BCUT2D eigenvalue weighted by Gasteiger charge is 2.12. The molecule has 0 aliphatic carbocycles. The number of aryl methyl sites for hydroxylation is 1. The average molecular weight is 188 g/mol. The molecule has 1 aromatic heterocycles. The highest BCUT2D eigenvalue weighted by Crippen LogP contribution is 2.23. The second-order valence-electron chi connectivity index (χ2n) is 3.40. The summed E-state index contributed by atoms with van der Waals surface area (Å²) in [5.41, 5.74) is 8.23. The molecule has 0 saturated heterocycles. The molecule has 2 aromatic rings. The third kappa shape index (κ3) is 1.02. The first-order chi connectivity index (χ1) is 6.63. The minimum atomic E-state index is -0.424. The Morgan fingerprint density at radius 1 is 1.29 bits per heavy atom. The number of amides is 1. The van der Waals surface area contributed by atoms with Gasteiger partial charge in [0.15, 0.2) is 0 Å². The molecule has 1 heterocycles. The largest absolute Gasteiger partial charge is 0.351 e. The fourth-order valence-corrected chi connectivity index (χ4v) is 1.81. The Morgan fingerprint density at radius 3 is 2.57 bits per heavy atom. The van der Waals surface area contributed by atoms with Gasteiger partial charge in [-0.1, -0.05) is 18.2 Å². The van der Waals surface area contributed by atoms with Crippen LogP contribution in [0.15, 0.2) is 24.3 Å². The summed E-state index contributed by atoms with van der Waals surface area (Å²) < 4.78 is 1.55. The van der Waals surface area contributed by atoms with Crippen LogP contribution >= 0.6 is 0 Å². The fraction of sp³-hybridized carbons (Fsp3) is 0.182. The molecule has 2 rings (SSSR count). The molecule has 0 saturated carbocycles. The first-order valence-corrected chi connectivity index (χ1v) is 4.49. The van der Waals surface area contributed by atoms with E-state index < -0.39 is 6.03 Å². The van der Waals surface area contributed by atoms with E-state index in [1.54, 1.807) is 4.57 Å². The Balaban J connectivity index is 2.95. The van der Waals surface area contributed by atoms with Crippen LogP contribution in [0.2, 0.25) is 0 Å². The van der Waals surface area contributed by atoms with Crippen LogP contribution in [0, 0.1) is 13.8 Å². The van der Waals surface area contributed by atoms with Crippen molar-refractivity contribution >= 4 is 16.9 Å². The van der Waals surface area contributed by atoms with Crippen LogP contribution in [-0.2, 0) is 0 Å². The third-order valence-electron chi connectivity index (χ3n) is 2.65. The number of para-hydroxylation sites is 1. The van der Waals surface area contributed by atoms with Crippen LogP contribution < -0.4 is 5.73 Å². The zero-order valence-electron chi connectivity index (χ0n) is 8.24. The zero-order valence-corrected chi connectivity index (χ0v) is 8.24. The van der Waals surface area contributed by atoms with Crippen molar-refractivity contribution < 1.29 is 4.79 Å². The molecule has 0 unspecified atom stereocenters. The molecule has 3 nitrogen and oxygen atoms in total. The molecule has 0 fully saturated rings. The maximum absolute atomic E-state index is 11.2. The molecule has 2 N–H and O–H groups in total. The molecule has 0 radical (unpaired) electrons. The quantitative estimate of drug-likeness (QED) is 0.676. The van der Waals surface area contributed by atoms with Crippen LogP contribution in [0.4, 0.5) is 4.79 Å². The number of benzene rings is 1. The number of primary amides is 1. The number of rotatable bonds is 0. The van der Waals surface area contributed by atoms with E-state index in [-0.39, 0.29) is 0 Å². The van der Waals surface area contributed by atoms with E-state index in [1.807, 2.05) is 38.1 Å². The fourth-order valence-electron chi connectivity index (χ4n) is 1.81. The molecule has 3 heteroatoms. The highest BCUT2D eigenvalue weighted by atomic mass is 16.2. The van der Waals surface area contributed by atoms with E-state index in [0.29, 0.717) is 0 Å². The number of carbonyl (C=O) groups is 1. The molecule has 0 atom stereocenters. The highest BCUT2D eigenvalue weighted by molar-refractivity contribution is 5.94. The predicted molar refractivity (Wildman–Crippen MR) is 56.4 cm³/mol. The van der Waals surface area contributed by atoms with E-state index in [2.05, 4.69) is 0 Å². The maximum Gasteiger partial charge on any atom is 0.323 e. The van der Waals surface area contributed by atoms with Crippen molar-refractivity contribution in [1.29, 1.82) is 0 Å². The second-order valence-corrected chi connectivity index (χ2v) is 3.40. The summed E-state index contributed by atoms with van der Waals surface area (Å²) >= 11 is 0. The molecule has 0 aliphatic rings. The Hall–Kier alpha value is -1.77. The Kier molecular flexibility index (Phi) is 1.81. The van der Waals surface area contributed by atoms with Gasteiger partial charge in [0.2, 0.25) is 0 Å². The van der Waals surface area contributed by atoms with E-state index in [0.717, 1.165) is 22.2 Å². The summed E-state index contributed by atoms with van der Waals surface area (Å²) in [6.07, 6.45) is 0. The van der Waals surface area contributed by atoms with Crippen molar-refractivity contribution in [3.8, 4) is 0 Å². The topological polar surface area (TPSA) is 48.0 Å². The first kappa shape index (κ1) is 8.81. The molecule has 72 valence electrons. The number of hydrogen-bond acceptors (Lipinski definition) is 1. The number of fused-ring (bicyclic) bond motifs is 1. The third-order valence-corrected chi connectivity index (χ3v) is 2.65. The van der Waals surface area contributed by atoms with Crippen LogP contribution in [0.3, 0.4) is 0 Å². The van der Waals surface area contributed by atoms with E-state index >= 15 is 0 Å². The van der Waals surface area contributed by atoms with E-state index in [1.165, 1.54) is 0 Å². The molecular formula is C11H12N2O. The van der Waals surface area contributed by atoms with E-state index in [9.17, 15) is 4.79 Å². The molecular weight excluding hydrogens is 176 g/mol. The van der Waals surface area contributed by atoms with Crippen molar-refractivity contribution in [1.82, 2.24) is 4.57 Å². The van der Waals surface area contributed by atoms with Gasteiger partial charge >= 0.3 is 6.03 Å². The Labute approximate surface area is 82.1 Å². The van der Waals surface area contributed by atoms with Gasteiger partial charge in [0.1, 0.15) is 0 Å². The van der Waals surface area contributed by atoms with Crippen LogP contribution in [-0.4, -0.2) is 10.6 Å². The summed E-state index contributed by atoms with van der Waals surface area (Å²) in [6.45, 7) is 3.90. The Bertz CT molecular complexity index is 511. The minimum Gasteiger partial charge on any atom is -0.351 e. The SMILES string of the molecule is Cc1c(C)n(C(N)=O)c2ccccc12. The lowest BCUT2D eigenvalue weighted by Crippen LogP contribution is -2.20. The van der Waals surface area contributed by atoms with Crippen molar-refractivity contribution in [2.75, 3.05) is 0 Å². The average Bonchev–Trinajstić information content (AvgIpc) is 2.41. The van der Waals surface area contributed by atoms with Crippen LogP contribution in [0.25, 0.3) is 10.9 Å². The first-order valence-electron chi connectivity index (χ1n) is 4.49. The predicted octanol–water partition coefficient (Wildman–Crippen LogP) is 2.18. The Morgan fingerprint density at radius 2 is 1.93 bits per heavy atom. The van der Waals surface area contributed by atoms with Crippen molar-refractivity contribution in [3.63, 3.8) is 0 Å². The van der Waals surface area contributed by atoms with Gasteiger partial charge in [-0.15, -0.1) is 0 Å². The minimum absolute atomic E-state index is 0.424. The molecule has 0 bridgehead atoms. The molecule has 14 heavy (non-hydrogen) atoms. The molecule has 1 amide bonds. The summed E-state index contributed by atoms with van der Waals surface area (Å²) in [6, 6.07) is 7.34. The number of nitrogens with two attached hydrogens (primary N) is 1. The molecule has 1 aromatic carbocycles. The summed E-state index contributed by atoms with van der Waals surface area (Å²) in [5, 5.41) is 1.09. The normalized spacial score (nSPS) is 10.7. The lowest BCUT2D eigenvalue weighted by molar-refractivity contribution is 0.251. The zero-order chi connectivity index (χ0) is 10.3. The molecule has 0 spiro atoms. The summed E-state index contributed by atoms with van der Waals surface area (Å²) in [7, 11) is 0. The van der Waals surface area contributed by atoms with Gasteiger partial charge in [-0.3, -0.25) is 4.57 Å². The standard InChI is InChI=1S/C11H12N2O/c1-7-8(2)13(11(12)14)10-6-4-3-5-9(7)10/h3-6H,1-2H3,(H2,12,14). The van der Waals surface area contributed by atoms with E-state index in [4.69, 9.17) is 5.73 Å².